The topological polar surface area (TPSA) is 20.2 Å². The van der Waals surface area contributed by atoms with Crippen molar-refractivity contribution in [3.8, 4) is 16.9 Å². The first-order valence-electron chi connectivity index (χ1n) is 7.23. The van der Waals surface area contributed by atoms with Crippen LogP contribution in [-0.2, 0) is 0 Å². The molecule has 0 radical (unpaired) electrons. The highest BCUT2D eigenvalue weighted by Crippen LogP contribution is 2.41. The van der Waals surface area contributed by atoms with Crippen LogP contribution in [0.5, 0.6) is 5.75 Å². The summed E-state index contributed by atoms with van der Waals surface area (Å²) in [6, 6.07) is 16.2. The summed E-state index contributed by atoms with van der Waals surface area (Å²) < 4.78 is 0. The van der Waals surface area contributed by atoms with Crippen LogP contribution in [0.1, 0.15) is 43.6 Å². The van der Waals surface area contributed by atoms with E-state index in [9.17, 15) is 5.11 Å². The molecule has 98 valence electrons. The molecule has 0 aromatic heterocycles. The number of phenolic OH excluding ortho intramolecular Hbond substituents is 1. The van der Waals surface area contributed by atoms with Gasteiger partial charge < -0.3 is 5.11 Å². The van der Waals surface area contributed by atoms with Gasteiger partial charge in [-0.15, -0.1) is 0 Å². The molecule has 0 spiro atoms. The fourth-order valence-corrected chi connectivity index (χ4v) is 3.23. The monoisotopic (exact) mass is 252 g/mol. The van der Waals surface area contributed by atoms with Crippen molar-refractivity contribution in [1.29, 1.82) is 0 Å². The van der Waals surface area contributed by atoms with Crippen molar-refractivity contribution in [2.75, 3.05) is 0 Å². The van der Waals surface area contributed by atoms with Crippen LogP contribution in [0.2, 0.25) is 0 Å². The van der Waals surface area contributed by atoms with Gasteiger partial charge in [0.2, 0.25) is 0 Å². The molecule has 0 bridgehead atoms. The van der Waals surface area contributed by atoms with Crippen LogP contribution in [0.3, 0.4) is 0 Å². The maximum atomic E-state index is 10.3. The van der Waals surface area contributed by atoms with E-state index in [0.717, 1.165) is 11.1 Å². The normalized spacial score (nSPS) is 16.4. The number of benzene rings is 2. The Kier molecular flexibility index (Phi) is 3.54. The molecule has 1 fully saturated rings. The first kappa shape index (κ1) is 12.3. The van der Waals surface area contributed by atoms with Crippen LogP contribution >= 0.6 is 0 Å². The van der Waals surface area contributed by atoms with E-state index in [-0.39, 0.29) is 0 Å². The minimum Gasteiger partial charge on any atom is -0.507 e. The summed E-state index contributed by atoms with van der Waals surface area (Å²) in [5.41, 5.74) is 3.49. The smallest absolute Gasteiger partial charge is 0.123 e. The molecule has 19 heavy (non-hydrogen) atoms. The first-order chi connectivity index (χ1) is 9.36. The largest absolute Gasteiger partial charge is 0.507 e. The Morgan fingerprint density at radius 3 is 2.26 bits per heavy atom. The number of aromatic hydroxyl groups is 1. The highest BCUT2D eigenvalue weighted by Gasteiger charge is 2.20. The fourth-order valence-electron chi connectivity index (χ4n) is 3.23. The number of hydrogen-bond acceptors (Lipinski definition) is 1. The predicted molar refractivity (Wildman–Crippen MR) is 79.4 cm³/mol. The minimum absolute atomic E-state index is 0.411. The summed E-state index contributed by atoms with van der Waals surface area (Å²) in [4.78, 5) is 0. The third-order valence-corrected chi connectivity index (χ3v) is 4.18. The van der Waals surface area contributed by atoms with Crippen LogP contribution < -0.4 is 0 Å². The van der Waals surface area contributed by atoms with Crippen LogP contribution in [0.25, 0.3) is 11.1 Å². The van der Waals surface area contributed by atoms with E-state index in [4.69, 9.17) is 0 Å². The van der Waals surface area contributed by atoms with Crippen molar-refractivity contribution >= 4 is 0 Å². The Balaban J connectivity index is 2.07. The summed E-state index contributed by atoms with van der Waals surface area (Å²) in [5.74, 6) is 1.02. The highest BCUT2D eigenvalue weighted by molar-refractivity contribution is 5.74. The number of rotatable bonds is 2. The first-order valence-corrected chi connectivity index (χ1v) is 7.23. The van der Waals surface area contributed by atoms with Crippen LogP contribution in [-0.4, -0.2) is 5.11 Å². The van der Waals surface area contributed by atoms with Crippen molar-refractivity contribution in [3.63, 3.8) is 0 Å². The molecule has 0 atom stereocenters. The molecule has 1 heteroatoms. The van der Waals surface area contributed by atoms with Crippen LogP contribution in [0, 0.1) is 0 Å². The lowest BCUT2D eigenvalue weighted by Gasteiger charge is -2.25. The molecule has 1 N–H and O–H groups in total. The maximum Gasteiger partial charge on any atom is 0.123 e. The van der Waals surface area contributed by atoms with Gasteiger partial charge >= 0.3 is 0 Å². The summed E-state index contributed by atoms with van der Waals surface area (Å²) in [5, 5.41) is 10.3. The quantitative estimate of drug-likeness (QED) is 0.787. The lowest BCUT2D eigenvalue weighted by atomic mass is 9.80. The lowest BCUT2D eigenvalue weighted by molar-refractivity contribution is 0.439. The van der Waals surface area contributed by atoms with Gasteiger partial charge in [-0.2, -0.15) is 0 Å². The molecule has 0 heterocycles. The maximum absolute atomic E-state index is 10.3. The standard InChI is InChI=1S/C18H20O/c19-17-13-7-12-16(14-8-3-1-4-9-14)18(17)15-10-5-2-6-11-15/h2,5-7,10-14,19H,1,3-4,8-9H2. The molecule has 1 aliphatic carbocycles. The van der Waals surface area contributed by atoms with Crippen molar-refractivity contribution in [2.24, 2.45) is 0 Å². The predicted octanol–water partition coefficient (Wildman–Crippen LogP) is 5.11. The van der Waals surface area contributed by atoms with Gasteiger partial charge in [-0.1, -0.05) is 61.7 Å². The Hall–Kier alpha value is -1.76. The molecule has 2 aromatic rings. The van der Waals surface area contributed by atoms with Gasteiger partial charge in [-0.3, -0.25) is 0 Å². The van der Waals surface area contributed by atoms with Gasteiger partial charge in [-0.25, -0.2) is 0 Å². The number of phenols is 1. The molecule has 3 rings (SSSR count). The third kappa shape index (κ3) is 2.51. The van der Waals surface area contributed by atoms with E-state index in [1.54, 1.807) is 6.07 Å². The van der Waals surface area contributed by atoms with E-state index in [1.807, 2.05) is 24.3 Å². The molecule has 0 aliphatic heterocycles. The SMILES string of the molecule is Oc1cccc(C2CCCCC2)c1-c1ccccc1. The zero-order valence-corrected chi connectivity index (χ0v) is 11.2. The highest BCUT2D eigenvalue weighted by atomic mass is 16.3. The zero-order chi connectivity index (χ0) is 13.1. The van der Waals surface area contributed by atoms with E-state index in [1.165, 1.54) is 37.7 Å². The summed E-state index contributed by atoms with van der Waals surface area (Å²) in [6.45, 7) is 0. The van der Waals surface area contributed by atoms with Gasteiger partial charge in [0.1, 0.15) is 5.75 Å². The van der Waals surface area contributed by atoms with Gasteiger partial charge in [0.15, 0.2) is 0 Å². The summed E-state index contributed by atoms with van der Waals surface area (Å²) in [6.07, 6.45) is 6.49. The minimum atomic E-state index is 0.411. The van der Waals surface area contributed by atoms with Crippen LogP contribution in [0.4, 0.5) is 0 Å². The molecule has 1 nitrogen and oxygen atoms in total. The average Bonchev–Trinajstić information content (AvgIpc) is 2.49. The number of hydrogen-bond donors (Lipinski definition) is 1. The Morgan fingerprint density at radius 1 is 0.789 bits per heavy atom. The Morgan fingerprint density at radius 2 is 1.53 bits per heavy atom. The van der Waals surface area contributed by atoms with Gasteiger partial charge in [0, 0.05) is 5.56 Å². The average molecular weight is 252 g/mol. The zero-order valence-electron chi connectivity index (χ0n) is 11.2. The van der Waals surface area contributed by atoms with Gasteiger partial charge in [-0.05, 0) is 36.0 Å². The molecule has 0 unspecified atom stereocenters. The van der Waals surface area contributed by atoms with Gasteiger partial charge in [0.05, 0.1) is 0 Å². The van der Waals surface area contributed by atoms with E-state index >= 15 is 0 Å². The van der Waals surface area contributed by atoms with Gasteiger partial charge in [0.25, 0.3) is 0 Å². The Labute approximate surface area is 114 Å². The third-order valence-electron chi connectivity index (χ3n) is 4.18. The molecule has 0 amide bonds. The molecule has 2 aromatic carbocycles. The lowest BCUT2D eigenvalue weighted by Crippen LogP contribution is -2.06. The van der Waals surface area contributed by atoms with E-state index in [2.05, 4.69) is 18.2 Å². The summed E-state index contributed by atoms with van der Waals surface area (Å²) >= 11 is 0. The van der Waals surface area contributed by atoms with E-state index < -0.39 is 0 Å². The second-order valence-corrected chi connectivity index (χ2v) is 5.44. The molecule has 0 saturated heterocycles. The summed E-state index contributed by atoms with van der Waals surface area (Å²) in [7, 11) is 0. The molecular formula is C18H20O. The second kappa shape index (κ2) is 5.48. The van der Waals surface area contributed by atoms with Crippen LogP contribution in [0.15, 0.2) is 48.5 Å². The van der Waals surface area contributed by atoms with Crippen molar-refractivity contribution in [1.82, 2.24) is 0 Å². The molecule has 1 saturated carbocycles. The van der Waals surface area contributed by atoms with Crippen molar-refractivity contribution in [2.45, 2.75) is 38.0 Å². The second-order valence-electron chi connectivity index (χ2n) is 5.44. The van der Waals surface area contributed by atoms with Crippen molar-refractivity contribution < 1.29 is 5.11 Å². The van der Waals surface area contributed by atoms with Crippen molar-refractivity contribution in [3.05, 3.63) is 54.1 Å². The fraction of sp³-hybridized carbons (Fsp3) is 0.333. The Bertz CT molecular complexity index is 539. The molecular weight excluding hydrogens is 232 g/mol. The van der Waals surface area contributed by atoms with E-state index in [0.29, 0.717) is 11.7 Å². The molecule has 1 aliphatic rings.